The highest BCUT2D eigenvalue weighted by Crippen LogP contribution is 2.49. The van der Waals surface area contributed by atoms with Crippen LogP contribution >= 0.6 is 23.4 Å². The molecule has 318 valence electrons. The maximum absolute atomic E-state index is 14.1. The van der Waals surface area contributed by atoms with Crippen molar-refractivity contribution in [3.05, 3.63) is 118 Å². The van der Waals surface area contributed by atoms with Crippen molar-refractivity contribution in [3.8, 4) is 22.5 Å². The van der Waals surface area contributed by atoms with Crippen molar-refractivity contribution in [2.45, 2.75) is 57.8 Å². The third-order valence-electron chi connectivity index (χ3n) is 12.5. The maximum atomic E-state index is 14.1. The van der Waals surface area contributed by atoms with E-state index in [1.807, 2.05) is 36.0 Å². The fraction of sp³-hybridized carbons (Fsp3) is 0.373. The van der Waals surface area contributed by atoms with Crippen LogP contribution in [0.1, 0.15) is 55.6 Å². The number of esters is 1. The number of hydrogen-bond donors (Lipinski definition) is 0. The lowest BCUT2D eigenvalue weighted by Crippen LogP contribution is -2.47. The van der Waals surface area contributed by atoms with Crippen LogP contribution in [0.5, 0.6) is 0 Å². The summed E-state index contributed by atoms with van der Waals surface area (Å²) < 4.78 is 15.3. The number of aryl methyl sites for hydroxylation is 2. The molecule has 3 aliphatic heterocycles. The van der Waals surface area contributed by atoms with E-state index in [1.54, 1.807) is 0 Å². The van der Waals surface area contributed by atoms with Crippen LogP contribution < -0.4 is 19.7 Å². The molecule has 10 heteroatoms. The van der Waals surface area contributed by atoms with Gasteiger partial charge in [-0.1, -0.05) is 53.7 Å². The molecule has 1 aliphatic carbocycles. The Labute approximate surface area is 370 Å². The second kappa shape index (κ2) is 19.1. The highest BCUT2D eigenvalue weighted by molar-refractivity contribution is 7.99. The summed E-state index contributed by atoms with van der Waals surface area (Å²) in [7, 11) is 0. The Morgan fingerprint density at radius 1 is 0.770 bits per heavy atom. The molecule has 4 aromatic rings. The molecule has 61 heavy (non-hydrogen) atoms. The van der Waals surface area contributed by atoms with E-state index in [9.17, 15) is 4.79 Å². The average molecular weight is 858 g/mol. The van der Waals surface area contributed by atoms with Gasteiger partial charge in [0.25, 0.3) is 0 Å². The highest BCUT2D eigenvalue weighted by Gasteiger charge is 2.27. The summed E-state index contributed by atoms with van der Waals surface area (Å²) in [5.41, 5.74) is 10.2. The summed E-state index contributed by atoms with van der Waals surface area (Å²) >= 11 is 8.28. The lowest BCUT2D eigenvalue weighted by molar-refractivity contribution is 0.0423. The minimum absolute atomic E-state index is 0.301. The largest absolute Gasteiger partial charge is 0.461 e. The van der Waals surface area contributed by atoms with Crippen LogP contribution in [0.4, 0.5) is 17.1 Å². The molecule has 8 nitrogen and oxygen atoms in total. The van der Waals surface area contributed by atoms with Gasteiger partial charge in [0.05, 0.1) is 23.0 Å². The van der Waals surface area contributed by atoms with Crippen molar-refractivity contribution < 1.29 is 13.9 Å². The van der Waals surface area contributed by atoms with E-state index in [4.69, 9.17) is 20.8 Å². The van der Waals surface area contributed by atoms with Gasteiger partial charge >= 0.3 is 5.97 Å². The molecule has 8 rings (SSSR count). The highest BCUT2D eigenvalue weighted by atomic mass is 35.5. The molecule has 0 bridgehead atoms. The minimum Gasteiger partial charge on any atom is -0.461 e. The molecule has 0 N–H and O–H groups in total. The summed E-state index contributed by atoms with van der Waals surface area (Å²) in [6, 6.07) is 31.6. The molecule has 1 saturated heterocycles. The van der Waals surface area contributed by atoms with E-state index >= 15 is 0 Å². The van der Waals surface area contributed by atoms with Crippen LogP contribution in [0, 0.1) is 13.8 Å². The van der Waals surface area contributed by atoms with Crippen LogP contribution in [0.2, 0.25) is 5.02 Å². The molecule has 0 atom stereocenters. The van der Waals surface area contributed by atoms with E-state index < -0.39 is 0 Å². The monoisotopic (exact) mass is 856 g/mol. The number of nitrogens with zero attached hydrogens (tertiary/aromatic N) is 5. The molecule has 4 aliphatic rings. The van der Waals surface area contributed by atoms with Gasteiger partial charge in [-0.25, -0.2) is 9.37 Å². The molecule has 4 aromatic carbocycles. The van der Waals surface area contributed by atoms with Crippen molar-refractivity contribution in [1.82, 2.24) is 14.4 Å². The van der Waals surface area contributed by atoms with E-state index in [0.29, 0.717) is 18.7 Å². The number of carbonyl (C=O) groups is 1. The Morgan fingerprint density at radius 3 is 2.23 bits per heavy atom. The van der Waals surface area contributed by atoms with E-state index in [2.05, 4.69) is 132 Å². The first-order valence-corrected chi connectivity index (χ1v) is 23.3. The third-order valence-corrected chi connectivity index (χ3v) is 13.9. The summed E-state index contributed by atoms with van der Waals surface area (Å²) in [6.07, 6.45) is 1.05. The molecule has 0 spiro atoms. The zero-order valence-corrected chi connectivity index (χ0v) is 38.2. The summed E-state index contributed by atoms with van der Waals surface area (Å²) in [6.45, 7) is 23.6. The number of benzene rings is 5. The Bertz CT molecular complexity index is 2570. The van der Waals surface area contributed by atoms with Crippen molar-refractivity contribution >= 4 is 57.4 Å². The molecule has 0 amide bonds. The number of rotatable bonds is 14. The summed E-state index contributed by atoms with van der Waals surface area (Å²) in [5, 5.41) is 2.92. The molecule has 1 fully saturated rings. The normalized spacial score (nSPS) is 14.3. The van der Waals surface area contributed by atoms with Gasteiger partial charge in [0.1, 0.15) is 31.0 Å². The van der Waals surface area contributed by atoms with Crippen LogP contribution in [-0.4, -0.2) is 94.4 Å². The molecule has 0 aromatic heterocycles. The lowest BCUT2D eigenvalue weighted by Gasteiger charge is -2.36. The van der Waals surface area contributed by atoms with Gasteiger partial charge < -0.3 is 23.9 Å². The predicted octanol–water partition coefficient (Wildman–Crippen LogP) is 10.6. The zero-order chi connectivity index (χ0) is 42.6. The van der Waals surface area contributed by atoms with Gasteiger partial charge in [-0.3, -0.25) is 4.90 Å². The number of piperazine rings is 1. The lowest BCUT2D eigenvalue weighted by atomic mass is 9.89. The number of carbonyl (C=O) groups excluding carboxylic acids is 1. The third kappa shape index (κ3) is 8.94. The van der Waals surface area contributed by atoms with Crippen LogP contribution in [-0.2, 0) is 4.74 Å². The Kier molecular flexibility index (Phi) is 13.4. The molecule has 0 radical (unpaired) electrons. The number of hydrogen-bond acceptors (Lipinski definition) is 8. The van der Waals surface area contributed by atoms with Crippen LogP contribution in [0.3, 0.4) is 0 Å². The zero-order valence-electron chi connectivity index (χ0n) is 36.6. The summed E-state index contributed by atoms with van der Waals surface area (Å²) in [4.78, 5) is 26.4. The minimum atomic E-state index is -0.301. The smallest absolute Gasteiger partial charge is 0.338 e. The van der Waals surface area contributed by atoms with Crippen molar-refractivity contribution in [2.75, 3.05) is 88.4 Å². The molecule has 3 heterocycles. The first-order chi connectivity index (χ1) is 29.7. The number of para-hydroxylation sites is 1. The van der Waals surface area contributed by atoms with Gasteiger partial charge in [0.2, 0.25) is 5.36 Å². The molecule has 0 saturated carbocycles. The second-order valence-electron chi connectivity index (χ2n) is 16.1. The van der Waals surface area contributed by atoms with Crippen LogP contribution in [0.15, 0.2) is 105 Å². The van der Waals surface area contributed by atoms with Crippen molar-refractivity contribution in [1.29, 1.82) is 0 Å². The number of ether oxygens (including phenoxy) is 1. The van der Waals surface area contributed by atoms with Crippen LogP contribution in [0.25, 0.3) is 33.4 Å². The quantitative estimate of drug-likeness (QED) is 0.0610. The van der Waals surface area contributed by atoms with Gasteiger partial charge in [-0.15, -0.1) is 0 Å². The van der Waals surface area contributed by atoms with Gasteiger partial charge in [-0.2, -0.15) is 0 Å². The van der Waals surface area contributed by atoms with Crippen molar-refractivity contribution in [2.24, 2.45) is 0 Å². The van der Waals surface area contributed by atoms with E-state index in [1.165, 1.54) is 32.3 Å². The predicted molar refractivity (Wildman–Crippen MR) is 254 cm³/mol. The number of halogens is 1. The molecular weight excluding hydrogens is 798 g/mol. The SMILES string of the molecule is CCN(CC)c1cc2oc3cc(=[N+](CC)CC)c(C)cc-3c(-c3ccccc3C(=O)OCCN3CCN(CCCN4c5ccccc5Sc5ccc(Cl)cc54)CC3)c2cc1C. The average Bonchev–Trinajstić information content (AvgIpc) is 3.27. The Balaban J connectivity index is 0.956. The fourth-order valence-electron chi connectivity index (χ4n) is 9.23. The maximum Gasteiger partial charge on any atom is 0.338 e. The number of anilines is 3. The molecular formula is C51H59ClN5O3S+. The first kappa shape index (κ1) is 42.9. The Hall–Kier alpha value is -4.80. The Morgan fingerprint density at radius 2 is 1.48 bits per heavy atom. The van der Waals surface area contributed by atoms with Crippen molar-refractivity contribution in [3.63, 3.8) is 0 Å². The topological polar surface area (TPSA) is 55.4 Å². The van der Waals surface area contributed by atoms with Gasteiger partial charge in [0.15, 0.2) is 0 Å². The molecule has 0 unspecified atom stereocenters. The van der Waals surface area contributed by atoms with Gasteiger partial charge in [-0.05, 0) is 114 Å². The first-order valence-electron chi connectivity index (χ1n) is 22.1. The van der Waals surface area contributed by atoms with E-state index in [0.717, 1.165) is 121 Å². The summed E-state index contributed by atoms with van der Waals surface area (Å²) in [5.74, 6) is 0.502. The van der Waals surface area contributed by atoms with E-state index in [-0.39, 0.29) is 5.97 Å². The number of fused-ring (bicyclic) bond motifs is 4. The second-order valence-corrected chi connectivity index (χ2v) is 17.7. The standard InChI is InChI=1S/C51H59ClN5O3S/c1-7-55(8-2)43-33-46-40(30-35(43)5)50(41-31-36(6)44(34-47(41)60-46)56(9-3)10-4)38-16-11-12-17-39(38)51(58)59-29-28-54-26-24-53(25-27-54)22-15-23-57-42-18-13-14-19-48(42)61-49-21-20-37(52)32-45(49)57/h11-14,16-21,30-34H,7-10,15,22-29H2,1-6H3/q+1. The van der Waals surface area contributed by atoms with Gasteiger partial charge in [0, 0.05) is 101 Å². The fourth-order valence-corrected chi connectivity index (χ4v) is 10.5.